The number of carbonyl (C=O) groups excluding carboxylic acids is 2. The van der Waals surface area contributed by atoms with Crippen molar-refractivity contribution in [2.45, 2.75) is 80.9 Å². The molecule has 1 unspecified atom stereocenters. The number of nitrogens with one attached hydrogen (secondary N) is 4. The zero-order valence-corrected chi connectivity index (χ0v) is 45.5. The number of thioether (sulfide) groups is 1. The first-order chi connectivity index (χ1) is 36.8. The van der Waals surface area contributed by atoms with Crippen LogP contribution in [0.2, 0.25) is 5.02 Å². The molecule has 0 bridgehead atoms. The molecule has 3 fully saturated rings. The summed E-state index contributed by atoms with van der Waals surface area (Å²) in [6, 6.07) is 8.43. The van der Waals surface area contributed by atoms with Gasteiger partial charge in [0.25, 0.3) is 5.91 Å². The first-order valence-corrected chi connectivity index (χ1v) is 27.9. The second-order valence-electron chi connectivity index (χ2n) is 18.0. The zero-order chi connectivity index (χ0) is 52.8. The summed E-state index contributed by atoms with van der Waals surface area (Å²) in [6.45, 7) is 12.8. The second kappa shape index (κ2) is 40.3. The van der Waals surface area contributed by atoms with Crippen LogP contribution in [0.5, 0.6) is 0 Å². The molecule has 3 saturated heterocycles. The van der Waals surface area contributed by atoms with Crippen LogP contribution in [-0.2, 0) is 81.1 Å². The van der Waals surface area contributed by atoms with Crippen LogP contribution in [0, 0.1) is 0 Å². The fraction of sp³-hybridized carbons (Fsp3) is 0.800. The first kappa shape index (κ1) is 63.0. The molecule has 6 atom stereocenters. The Hall–Kier alpha value is -2.86. The van der Waals surface area contributed by atoms with E-state index in [2.05, 4.69) is 36.5 Å². The van der Waals surface area contributed by atoms with Crippen LogP contribution in [0.4, 0.5) is 4.79 Å². The lowest BCUT2D eigenvalue weighted by atomic mass is 10.0. The molecule has 0 aliphatic carbocycles. The van der Waals surface area contributed by atoms with Crippen LogP contribution < -0.4 is 21.3 Å². The van der Waals surface area contributed by atoms with E-state index in [1.165, 1.54) is 5.56 Å². The van der Waals surface area contributed by atoms with Gasteiger partial charge in [0.15, 0.2) is 0 Å². The Morgan fingerprint density at radius 2 is 1.28 bits per heavy atom. The van der Waals surface area contributed by atoms with Gasteiger partial charge in [0.1, 0.15) is 18.0 Å². The molecular formula is C50H85ClN8O15S. The highest BCUT2D eigenvalue weighted by Gasteiger charge is 2.42. The normalized spacial score (nSPS) is 20.1. The predicted molar refractivity (Wildman–Crippen MR) is 280 cm³/mol. The number of fused-ring (bicyclic) bond motifs is 1. The zero-order valence-electron chi connectivity index (χ0n) is 43.9. The van der Waals surface area contributed by atoms with Gasteiger partial charge in [-0.25, -0.2) is 9.48 Å². The Balaban J connectivity index is 0.654. The standard InChI is InChI=1S/C50H85ClN8O15S/c1-58-37-45(74-38-43(58)34-40-6-8-41(51)9-7-40)49(61)53-35-42-36-59(57-56-42)11-13-64-15-17-66-19-21-68-23-25-70-27-29-72-31-33-73-32-30-71-28-26-69-24-22-67-20-18-65-16-14-63-12-10-52-47(60)5-3-2-4-46-48-44(39-75-46)54-50(62)55-48/h6-9,36,43-48,52,60H,2-5,10-35,37-39H2,1H3,(H,53,61)(H2,54,55,62)/t43-,44-,45+,46-,47?,48-/m0/s1. The summed E-state index contributed by atoms with van der Waals surface area (Å²) < 4.78 is 68.7. The number of hydrogen-bond acceptors (Lipinski definition) is 20. The van der Waals surface area contributed by atoms with Crippen molar-refractivity contribution < 1.29 is 71.5 Å². The number of amides is 3. The van der Waals surface area contributed by atoms with E-state index >= 15 is 0 Å². The van der Waals surface area contributed by atoms with Crippen molar-refractivity contribution in [2.24, 2.45) is 0 Å². The maximum absolute atomic E-state index is 12.8. The molecular weight excluding hydrogens is 1020 g/mol. The lowest BCUT2D eigenvalue weighted by Crippen LogP contribution is -2.53. The van der Waals surface area contributed by atoms with Gasteiger partial charge in [-0.2, -0.15) is 11.8 Å². The molecule has 25 heteroatoms. The number of nitrogens with zero attached hydrogens (tertiary/aromatic N) is 4. The number of unbranched alkanes of at least 4 members (excludes halogenated alkanes) is 1. The van der Waals surface area contributed by atoms with E-state index in [9.17, 15) is 14.7 Å². The smallest absolute Gasteiger partial charge is 0.315 e. The first-order valence-electron chi connectivity index (χ1n) is 26.5. The molecule has 0 radical (unpaired) electrons. The van der Waals surface area contributed by atoms with Gasteiger partial charge < -0.3 is 77.9 Å². The maximum atomic E-state index is 12.8. The molecule has 0 spiro atoms. The van der Waals surface area contributed by atoms with E-state index in [4.69, 9.17) is 68.4 Å². The average molecular weight is 1110 g/mol. The molecule has 3 aliphatic rings. The van der Waals surface area contributed by atoms with E-state index in [-0.39, 0.29) is 36.6 Å². The van der Waals surface area contributed by atoms with E-state index < -0.39 is 12.3 Å². The Bertz CT molecular complexity index is 1770. The van der Waals surface area contributed by atoms with E-state index in [0.717, 1.165) is 31.4 Å². The highest BCUT2D eigenvalue weighted by Crippen LogP contribution is 2.33. The van der Waals surface area contributed by atoms with Crippen LogP contribution in [0.15, 0.2) is 30.5 Å². The number of benzene rings is 1. The topological polar surface area (TPSA) is 247 Å². The molecule has 5 rings (SSSR count). The molecule has 75 heavy (non-hydrogen) atoms. The monoisotopic (exact) mass is 1100 g/mol. The number of likely N-dealkylation sites (N-methyl/N-ethyl adjacent to an activating group) is 1. The van der Waals surface area contributed by atoms with Crippen LogP contribution in [0.25, 0.3) is 0 Å². The molecule has 1 aromatic carbocycles. The lowest BCUT2D eigenvalue weighted by molar-refractivity contribution is -0.141. The minimum Gasteiger partial charge on any atom is -0.379 e. The second-order valence-corrected chi connectivity index (χ2v) is 19.8. The molecule has 1 aromatic heterocycles. The minimum absolute atomic E-state index is 0.0506. The number of hydrogen-bond donors (Lipinski definition) is 5. The summed E-state index contributed by atoms with van der Waals surface area (Å²) in [7, 11) is 2.01. The summed E-state index contributed by atoms with van der Waals surface area (Å²) in [4.78, 5) is 26.5. The number of aromatic nitrogens is 3. The van der Waals surface area contributed by atoms with Crippen LogP contribution in [0.1, 0.15) is 36.9 Å². The molecule has 3 amide bonds. The average Bonchev–Trinajstić information content (AvgIpc) is 4.14. The third kappa shape index (κ3) is 28.5. The van der Waals surface area contributed by atoms with Gasteiger partial charge in [-0.15, -0.1) is 5.10 Å². The number of carbonyl (C=O) groups is 2. The van der Waals surface area contributed by atoms with E-state index in [1.807, 2.05) is 43.1 Å². The number of urea groups is 1. The summed E-state index contributed by atoms with van der Waals surface area (Å²) >= 11 is 7.93. The maximum Gasteiger partial charge on any atom is 0.315 e. The van der Waals surface area contributed by atoms with Crippen molar-refractivity contribution in [3.63, 3.8) is 0 Å². The number of morpholine rings is 1. The molecule has 4 heterocycles. The quantitative estimate of drug-likeness (QED) is 0.0356. The Kier molecular flexibility index (Phi) is 33.9. The van der Waals surface area contributed by atoms with Gasteiger partial charge in [-0.05, 0) is 50.4 Å². The van der Waals surface area contributed by atoms with E-state index in [0.29, 0.717) is 194 Å². The highest BCUT2D eigenvalue weighted by molar-refractivity contribution is 8.00. The van der Waals surface area contributed by atoms with Gasteiger partial charge in [0, 0.05) is 35.2 Å². The molecule has 0 saturated carbocycles. The number of halogens is 1. The third-order valence-corrected chi connectivity index (χ3v) is 14.0. The van der Waals surface area contributed by atoms with Gasteiger partial charge in [0.05, 0.1) is 183 Å². The highest BCUT2D eigenvalue weighted by atomic mass is 35.5. The molecule has 2 aromatic rings. The van der Waals surface area contributed by atoms with Crippen molar-refractivity contribution >= 4 is 35.3 Å². The number of ether oxygens (including phenoxy) is 12. The van der Waals surface area contributed by atoms with E-state index in [1.54, 1.807) is 10.9 Å². The largest absolute Gasteiger partial charge is 0.379 e. The summed E-state index contributed by atoms with van der Waals surface area (Å²) in [5.41, 5.74) is 1.83. The Labute approximate surface area is 451 Å². The lowest BCUT2D eigenvalue weighted by Gasteiger charge is -2.36. The van der Waals surface area contributed by atoms with Crippen LogP contribution >= 0.6 is 23.4 Å². The number of rotatable bonds is 47. The molecule has 3 aliphatic heterocycles. The van der Waals surface area contributed by atoms with Gasteiger partial charge in [-0.3, -0.25) is 15.0 Å². The van der Waals surface area contributed by atoms with Crippen LogP contribution in [-0.4, -0.2) is 250 Å². The summed E-state index contributed by atoms with van der Waals surface area (Å²) in [5.74, 6) is 0.801. The Morgan fingerprint density at radius 1 is 0.760 bits per heavy atom. The van der Waals surface area contributed by atoms with Gasteiger partial charge in [-0.1, -0.05) is 35.4 Å². The van der Waals surface area contributed by atoms with Crippen molar-refractivity contribution in [3.05, 3.63) is 46.7 Å². The Morgan fingerprint density at radius 3 is 1.81 bits per heavy atom. The minimum atomic E-state index is -0.545. The van der Waals surface area contributed by atoms with Crippen LogP contribution in [0.3, 0.4) is 0 Å². The van der Waals surface area contributed by atoms with Crippen molar-refractivity contribution in [1.82, 2.24) is 41.2 Å². The molecule has 428 valence electrons. The molecule has 5 N–H and O–H groups in total. The van der Waals surface area contributed by atoms with Gasteiger partial charge >= 0.3 is 6.03 Å². The third-order valence-electron chi connectivity index (χ3n) is 12.2. The molecule has 23 nitrogen and oxygen atoms in total. The number of aliphatic hydroxyl groups is 1. The van der Waals surface area contributed by atoms with Gasteiger partial charge in [0.2, 0.25) is 0 Å². The summed E-state index contributed by atoms with van der Waals surface area (Å²) in [5, 5.41) is 31.6. The fourth-order valence-electron chi connectivity index (χ4n) is 8.09. The fourth-order valence-corrected chi connectivity index (χ4v) is 9.76. The van der Waals surface area contributed by atoms with Crippen molar-refractivity contribution in [1.29, 1.82) is 0 Å². The van der Waals surface area contributed by atoms with Crippen molar-refractivity contribution in [3.8, 4) is 0 Å². The number of aliphatic hydroxyl groups excluding tert-OH is 1. The summed E-state index contributed by atoms with van der Waals surface area (Å²) in [6.07, 6.45) is 5.23. The predicted octanol–water partition coefficient (Wildman–Crippen LogP) is 1.31. The van der Waals surface area contributed by atoms with Crippen molar-refractivity contribution in [2.75, 3.05) is 178 Å². The SMILES string of the molecule is CN1C[C@H](C(=O)NCc2cn(CCOCCOCCOCCOCCOCCOCCOCCOCCOCCOCCOCCNC(O)CCCC[C@@H]3SC[C@@H]4NC(=O)N[C@@H]43)nn2)OC[C@@H]1Cc1ccc(Cl)cc1.